The summed E-state index contributed by atoms with van der Waals surface area (Å²) < 4.78 is 37.1. The summed E-state index contributed by atoms with van der Waals surface area (Å²) in [5, 5.41) is 4.62. The van der Waals surface area contributed by atoms with Crippen molar-refractivity contribution in [2.75, 3.05) is 17.2 Å². The summed E-state index contributed by atoms with van der Waals surface area (Å²) in [5.74, 6) is 0.702. The number of sulfonamides is 1. The fourth-order valence-corrected chi connectivity index (χ4v) is 4.76. The van der Waals surface area contributed by atoms with Gasteiger partial charge in [0.1, 0.15) is 24.1 Å². The average molecular weight is 530 g/mol. The Hall–Kier alpha value is -3.56. The Morgan fingerprint density at radius 3 is 2.31 bits per heavy atom. The van der Waals surface area contributed by atoms with Gasteiger partial charge in [-0.2, -0.15) is 5.10 Å². The number of rotatable bonds is 11. The molecule has 0 aromatic heterocycles. The first-order valence-corrected chi connectivity index (χ1v) is 13.4. The standard InChI is InChI=1S/C26H28ClN3O5S/c1-4-34-24-14-10-23(11-15-24)30(36(3,32)33)19(2)26(31)29-28-17-20-8-12-25(13-9-20)35-18-21-6-5-7-22(27)16-21/h5-17,19H,4,18H2,1-3H3,(H,29,31)/b28-17-/t19-/m1/s1. The van der Waals surface area contributed by atoms with Crippen LogP contribution in [0.15, 0.2) is 77.9 Å². The molecule has 3 aromatic carbocycles. The predicted octanol–water partition coefficient (Wildman–Crippen LogP) is 4.62. The quantitative estimate of drug-likeness (QED) is 0.289. The molecule has 3 aromatic rings. The van der Waals surface area contributed by atoms with Gasteiger partial charge in [0.25, 0.3) is 5.91 Å². The maximum absolute atomic E-state index is 12.7. The molecule has 0 aliphatic rings. The van der Waals surface area contributed by atoms with E-state index >= 15 is 0 Å². The summed E-state index contributed by atoms with van der Waals surface area (Å²) >= 11 is 5.99. The zero-order valence-electron chi connectivity index (χ0n) is 20.2. The summed E-state index contributed by atoms with van der Waals surface area (Å²) in [6.07, 6.45) is 2.51. The number of nitrogens with zero attached hydrogens (tertiary/aromatic N) is 2. The number of nitrogens with one attached hydrogen (secondary N) is 1. The third kappa shape index (κ3) is 7.73. The van der Waals surface area contributed by atoms with Crippen molar-refractivity contribution in [3.8, 4) is 11.5 Å². The normalized spacial score (nSPS) is 12.2. The number of anilines is 1. The van der Waals surface area contributed by atoms with Crippen molar-refractivity contribution in [2.45, 2.75) is 26.5 Å². The van der Waals surface area contributed by atoms with Crippen LogP contribution in [0.3, 0.4) is 0 Å². The predicted molar refractivity (Wildman–Crippen MR) is 142 cm³/mol. The van der Waals surface area contributed by atoms with Crippen molar-refractivity contribution in [3.05, 3.63) is 88.9 Å². The van der Waals surface area contributed by atoms with Crippen molar-refractivity contribution in [2.24, 2.45) is 5.10 Å². The highest BCUT2D eigenvalue weighted by Crippen LogP contribution is 2.24. The molecule has 190 valence electrons. The van der Waals surface area contributed by atoms with Gasteiger partial charge in [-0.15, -0.1) is 0 Å². The number of benzene rings is 3. The van der Waals surface area contributed by atoms with Crippen molar-refractivity contribution >= 4 is 39.4 Å². The largest absolute Gasteiger partial charge is 0.494 e. The first-order valence-electron chi connectivity index (χ1n) is 11.2. The maximum Gasteiger partial charge on any atom is 0.263 e. The lowest BCUT2D eigenvalue weighted by molar-refractivity contribution is -0.121. The first kappa shape index (κ1) is 27.0. The van der Waals surface area contributed by atoms with E-state index in [0.29, 0.717) is 35.4 Å². The molecule has 0 unspecified atom stereocenters. The molecule has 36 heavy (non-hydrogen) atoms. The molecule has 0 heterocycles. The number of carbonyl (C=O) groups excluding carboxylic acids is 1. The summed E-state index contributed by atoms with van der Waals surface area (Å²) in [5.41, 5.74) is 4.44. The van der Waals surface area contributed by atoms with Gasteiger partial charge in [-0.25, -0.2) is 13.8 Å². The van der Waals surface area contributed by atoms with E-state index in [4.69, 9.17) is 21.1 Å². The number of ether oxygens (including phenoxy) is 2. The number of hydrazone groups is 1. The van der Waals surface area contributed by atoms with Gasteiger partial charge in [0.05, 0.1) is 24.8 Å². The Morgan fingerprint density at radius 2 is 1.69 bits per heavy atom. The van der Waals surface area contributed by atoms with Gasteiger partial charge in [0.2, 0.25) is 10.0 Å². The number of amides is 1. The van der Waals surface area contributed by atoms with Gasteiger partial charge >= 0.3 is 0 Å². The number of halogens is 1. The molecule has 0 spiro atoms. The van der Waals surface area contributed by atoms with Crippen molar-refractivity contribution in [3.63, 3.8) is 0 Å². The minimum absolute atomic E-state index is 0.348. The molecule has 1 amide bonds. The monoisotopic (exact) mass is 529 g/mol. The van der Waals surface area contributed by atoms with Crippen molar-refractivity contribution in [1.82, 2.24) is 5.43 Å². The van der Waals surface area contributed by atoms with E-state index in [0.717, 1.165) is 21.7 Å². The Bertz CT molecular complexity index is 1300. The van der Waals surface area contributed by atoms with Gasteiger partial charge in [0, 0.05) is 5.02 Å². The fourth-order valence-electron chi connectivity index (χ4n) is 3.37. The molecule has 3 rings (SSSR count). The van der Waals surface area contributed by atoms with Crippen LogP contribution in [-0.2, 0) is 21.4 Å². The van der Waals surface area contributed by atoms with E-state index in [1.165, 1.54) is 13.1 Å². The van der Waals surface area contributed by atoms with Crippen LogP contribution in [0.5, 0.6) is 11.5 Å². The third-order valence-corrected chi connectivity index (χ3v) is 6.53. The summed E-state index contributed by atoms with van der Waals surface area (Å²) in [7, 11) is -3.74. The Balaban J connectivity index is 1.59. The van der Waals surface area contributed by atoms with Crippen molar-refractivity contribution in [1.29, 1.82) is 0 Å². The third-order valence-electron chi connectivity index (χ3n) is 5.05. The Labute approximate surface area is 216 Å². The molecular weight excluding hydrogens is 502 g/mol. The molecule has 0 aliphatic carbocycles. The zero-order valence-corrected chi connectivity index (χ0v) is 21.8. The molecule has 0 bridgehead atoms. The molecule has 0 aliphatic heterocycles. The van der Waals surface area contributed by atoms with Gasteiger partial charge in [-0.1, -0.05) is 23.7 Å². The first-order chi connectivity index (χ1) is 17.2. The minimum atomic E-state index is -3.74. The van der Waals surface area contributed by atoms with Crippen LogP contribution >= 0.6 is 11.6 Å². The fraction of sp³-hybridized carbons (Fsp3) is 0.231. The van der Waals surface area contributed by atoms with E-state index < -0.39 is 22.0 Å². The molecule has 0 saturated carbocycles. The summed E-state index contributed by atoms with van der Waals surface area (Å²) in [6, 6.07) is 20.0. The number of hydrogen-bond acceptors (Lipinski definition) is 6. The SMILES string of the molecule is CCOc1ccc(N([C@H](C)C(=O)N/N=C\c2ccc(OCc3cccc(Cl)c3)cc2)S(C)(=O)=O)cc1. The summed E-state index contributed by atoms with van der Waals surface area (Å²) in [6.45, 7) is 4.22. The highest BCUT2D eigenvalue weighted by molar-refractivity contribution is 7.92. The maximum atomic E-state index is 12.7. The van der Waals surface area contributed by atoms with Gasteiger partial charge < -0.3 is 9.47 Å². The lowest BCUT2D eigenvalue weighted by atomic mass is 10.2. The van der Waals surface area contributed by atoms with Gasteiger partial charge in [0.15, 0.2) is 0 Å². The second-order valence-electron chi connectivity index (χ2n) is 7.88. The zero-order chi connectivity index (χ0) is 26.1. The second-order valence-corrected chi connectivity index (χ2v) is 10.2. The molecular formula is C26H28ClN3O5S. The smallest absolute Gasteiger partial charge is 0.263 e. The molecule has 0 fully saturated rings. The molecule has 0 radical (unpaired) electrons. The van der Waals surface area contributed by atoms with Crippen LogP contribution in [0.4, 0.5) is 5.69 Å². The van der Waals surface area contributed by atoms with Crippen LogP contribution in [-0.4, -0.2) is 39.4 Å². The van der Waals surface area contributed by atoms with E-state index in [1.807, 2.05) is 25.1 Å². The summed E-state index contributed by atoms with van der Waals surface area (Å²) in [4.78, 5) is 12.7. The molecule has 0 saturated heterocycles. The molecule has 8 nitrogen and oxygen atoms in total. The van der Waals surface area contributed by atoms with E-state index in [9.17, 15) is 13.2 Å². The topological polar surface area (TPSA) is 97.3 Å². The number of carbonyl (C=O) groups is 1. The van der Waals surface area contributed by atoms with Crippen LogP contribution in [0, 0.1) is 0 Å². The minimum Gasteiger partial charge on any atom is -0.494 e. The van der Waals surface area contributed by atoms with Gasteiger partial charge in [-0.05, 0) is 85.6 Å². The number of hydrogen-bond donors (Lipinski definition) is 1. The van der Waals surface area contributed by atoms with Crippen LogP contribution < -0.4 is 19.2 Å². The second kappa shape index (κ2) is 12.4. The van der Waals surface area contributed by atoms with Crippen LogP contribution in [0.1, 0.15) is 25.0 Å². The molecule has 1 atom stereocenters. The molecule has 10 heteroatoms. The van der Waals surface area contributed by atoms with E-state index in [2.05, 4.69) is 10.5 Å². The van der Waals surface area contributed by atoms with E-state index in [1.54, 1.807) is 54.6 Å². The van der Waals surface area contributed by atoms with Gasteiger partial charge in [-0.3, -0.25) is 9.10 Å². The molecule has 1 N–H and O–H groups in total. The lowest BCUT2D eigenvalue weighted by Crippen LogP contribution is -2.46. The highest BCUT2D eigenvalue weighted by Gasteiger charge is 2.29. The van der Waals surface area contributed by atoms with Crippen molar-refractivity contribution < 1.29 is 22.7 Å². The van der Waals surface area contributed by atoms with Crippen LogP contribution in [0.2, 0.25) is 5.02 Å². The average Bonchev–Trinajstić information content (AvgIpc) is 2.84. The lowest BCUT2D eigenvalue weighted by Gasteiger charge is -2.27. The Kier molecular flexibility index (Phi) is 9.32. The Morgan fingerprint density at radius 1 is 1.06 bits per heavy atom. The van der Waals surface area contributed by atoms with Crippen LogP contribution in [0.25, 0.3) is 0 Å². The highest BCUT2D eigenvalue weighted by atomic mass is 35.5. The van der Waals surface area contributed by atoms with E-state index in [-0.39, 0.29) is 0 Å².